The van der Waals surface area contributed by atoms with E-state index in [9.17, 15) is 0 Å². The van der Waals surface area contributed by atoms with Gasteiger partial charge in [-0.3, -0.25) is 0 Å². The van der Waals surface area contributed by atoms with Crippen LogP contribution in [-0.4, -0.2) is 47.4 Å². The lowest BCUT2D eigenvalue weighted by Crippen LogP contribution is -2.35. The van der Waals surface area contributed by atoms with E-state index in [1.165, 1.54) is 11.3 Å². The molecule has 0 radical (unpaired) electrons. The highest BCUT2D eigenvalue weighted by Crippen LogP contribution is 2.07. The van der Waals surface area contributed by atoms with Crippen molar-refractivity contribution in [2.75, 3.05) is 32.5 Å². The van der Waals surface area contributed by atoms with Gasteiger partial charge >= 0.3 is 0 Å². The van der Waals surface area contributed by atoms with E-state index in [1.54, 1.807) is 5.51 Å². The molecule has 2 N–H and O–H groups in total. The van der Waals surface area contributed by atoms with Crippen molar-refractivity contribution >= 4 is 33.8 Å². The van der Waals surface area contributed by atoms with Gasteiger partial charge in [-0.15, -0.1) is 10.2 Å². The summed E-state index contributed by atoms with van der Waals surface area (Å²) < 4.78 is 0. The molecule has 0 spiro atoms. The molecule has 1 heterocycles. The summed E-state index contributed by atoms with van der Waals surface area (Å²) in [6.07, 6.45) is 1.01. The fraction of sp³-hybridized carbons (Fsp3) is 0.625. The number of nitrogens with one attached hydrogen (secondary N) is 2. The fourth-order valence-electron chi connectivity index (χ4n) is 1.05. The minimum Gasteiger partial charge on any atom is -0.366 e. The predicted molar refractivity (Wildman–Crippen MR) is 67.3 cm³/mol. The van der Waals surface area contributed by atoms with Crippen LogP contribution in [-0.2, 0) is 0 Å². The summed E-state index contributed by atoms with van der Waals surface area (Å²) in [7, 11) is 3.81. The molecule has 0 aromatic carbocycles. The van der Waals surface area contributed by atoms with E-state index in [1.807, 2.05) is 19.0 Å². The van der Waals surface area contributed by atoms with E-state index in [4.69, 9.17) is 12.2 Å². The number of thiocarbonyl (C=S) groups is 1. The minimum atomic E-state index is 0.769. The normalized spacial score (nSPS) is 9.73. The maximum Gasteiger partial charge on any atom is 0.205 e. The van der Waals surface area contributed by atoms with Crippen LogP contribution in [0, 0.1) is 0 Å². The van der Waals surface area contributed by atoms with E-state index in [2.05, 4.69) is 20.8 Å². The van der Waals surface area contributed by atoms with Crippen molar-refractivity contribution in [3.8, 4) is 0 Å². The number of aromatic nitrogens is 2. The van der Waals surface area contributed by atoms with Crippen LogP contribution in [0.4, 0.5) is 5.13 Å². The summed E-state index contributed by atoms with van der Waals surface area (Å²) in [6, 6.07) is 0. The minimum absolute atomic E-state index is 0.769. The molecule has 1 aromatic rings. The molecular weight excluding hydrogens is 230 g/mol. The van der Waals surface area contributed by atoms with Gasteiger partial charge in [0.25, 0.3) is 0 Å². The van der Waals surface area contributed by atoms with Crippen LogP contribution >= 0.6 is 23.6 Å². The van der Waals surface area contributed by atoms with Crippen LogP contribution in [0.15, 0.2) is 5.51 Å². The Morgan fingerprint density at radius 3 is 3.07 bits per heavy atom. The maximum atomic E-state index is 5.08. The van der Waals surface area contributed by atoms with Crippen molar-refractivity contribution in [3.63, 3.8) is 0 Å². The monoisotopic (exact) mass is 245 g/mol. The first-order valence-corrected chi connectivity index (χ1v) is 5.95. The van der Waals surface area contributed by atoms with Crippen LogP contribution in [0.1, 0.15) is 6.42 Å². The Morgan fingerprint density at radius 1 is 1.67 bits per heavy atom. The van der Waals surface area contributed by atoms with E-state index in [-0.39, 0.29) is 0 Å². The zero-order chi connectivity index (χ0) is 11.1. The molecule has 0 saturated carbocycles. The Balaban J connectivity index is 2.09. The smallest absolute Gasteiger partial charge is 0.205 e. The van der Waals surface area contributed by atoms with Gasteiger partial charge in [0.1, 0.15) is 5.51 Å². The Hall–Kier alpha value is -0.950. The summed E-state index contributed by atoms with van der Waals surface area (Å²) in [5, 5.41) is 15.4. The SMILES string of the molecule is CNC(=S)N(C)CCCNc1nncs1. The van der Waals surface area contributed by atoms with Crippen molar-refractivity contribution in [2.45, 2.75) is 6.42 Å². The van der Waals surface area contributed by atoms with Crippen molar-refractivity contribution in [2.24, 2.45) is 0 Å². The van der Waals surface area contributed by atoms with E-state index in [0.717, 1.165) is 29.8 Å². The summed E-state index contributed by atoms with van der Waals surface area (Å²) >= 11 is 6.59. The zero-order valence-electron chi connectivity index (χ0n) is 8.86. The lowest BCUT2D eigenvalue weighted by molar-refractivity contribution is 0.490. The Labute approximate surface area is 98.9 Å². The molecule has 84 valence electrons. The highest BCUT2D eigenvalue weighted by atomic mass is 32.1. The van der Waals surface area contributed by atoms with Gasteiger partial charge in [-0.2, -0.15) is 0 Å². The van der Waals surface area contributed by atoms with Crippen molar-refractivity contribution < 1.29 is 0 Å². The van der Waals surface area contributed by atoms with Crippen LogP contribution < -0.4 is 10.6 Å². The molecule has 0 amide bonds. The van der Waals surface area contributed by atoms with Gasteiger partial charge in [0, 0.05) is 27.2 Å². The summed E-state index contributed by atoms with van der Waals surface area (Å²) in [5.41, 5.74) is 1.71. The zero-order valence-corrected chi connectivity index (χ0v) is 10.5. The molecule has 1 aromatic heterocycles. The molecule has 0 saturated heterocycles. The van der Waals surface area contributed by atoms with Crippen LogP contribution in [0.5, 0.6) is 0 Å². The number of hydrogen-bond donors (Lipinski definition) is 2. The van der Waals surface area contributed by atoms with E-state index in [0.29, 0.717) is 0 Å². The topological polar surface area (TPSA) is 53.1 Å². The van der Waals surface area contributed by atoms with Gasteiger partial charge < -0.3 is 15.5 Å². The van der Waals surface area contributed by atoms with Gasteiger partial charge in [0.05, 0.1) is 0 Å². The van der Waals surface area contributed by atoms with Crippen LogP contribution in [0.2, 0.25) is 0 Å². The Kier molecular flexibility index (Phi) is 5.27. The molecule has 7 heteroatoms. The molecule has 0 bridgehead atoms. The molecule has 0 aliphatic carbocycles. The molecule has 0 unspecified atom stereocenters. The number of anilines is 1. The average Bonchev–Trinajstić information content (AvgIpc) is 2.75. The summed E-state index contributed by atoms with van der Waals surface area (Å²) in [4.78, 5) is 2.01. The first-order chi connectivity index (χ1) is 7.24. The molecule has 0 fully saturated rings. The Bertz CT molecular complexity index is 287. The van der Waals surface area contributed by atoms with E-state index < -0.39 is 0 Å². The van der Waals surface area contributed by atoms with Crippen LogP contribution in [0.3, 0.4) is 0 Å². The van der Waals surface area contributed by atoms with E-state index >= 15 is 0 Å². The average molecular weight is 245 g/mol. The van der Waals surface area contributed by atoms with Gasteiger partial charge in [-0.1, -0.05) is 11.3 Å². The summed E-state index contributed by atoms with van der Waals surface area (Å²) in [6.45, 7) is 1.80. The lowest BCUT2D eigenvalue weighted by Gasteiger charge is -2.19. The molecule has 15 heavy (non-hydrogen) atoms. The first-order valence-electron chi connectivity index (χ1n) is 4.67. The van der Waals surface area contributed by atoms with Crippen LogP contribution in [0.25, 0.3) is 0 Å². The van der Waals surface area contributed by atoms with Gasteiger partial charge in [0.15, 0.2) is 5.11 Å². The largest absolute Gasteiger partial charge is 0.366 e. The third kappa shape index (κ3) is 4.39. The number of rotatable bonds is 5. The quantitative estimate of drug-likeness (QED) is 0.590. The second-order valence-electron chi connectivity index (χ2n) is 3.00. The molecule has 0 aliphatic heterocycles. The van der Waals surface area contributed by atoms with Crippen molar-refractivity contribution in [1.29, 1.82) is 0 Å². The maximum absolute atomic E-state index is 5.08. The fourth-order valence-corrected chi connectivity index (χ4v) is 1.62. The number of hydrogen-bond acceptors (Lipinski definition) is 5. The first kappa shape index (κ1) is 12.1. The molecule has 0 atom stereocenters. The second-order valence-corrected chi connectivity index (χ2v) is 4.22. The lowest BCUT2D eigenvalue weighted by atomic mass is 10.4. The second kappa shape index (κ2) is 6.52. The molecular formula is C8H15N5S2. The number of nitrogens with zero attached hydrogens (tertiary/aromatic N) is 3. The van der Waals surface area contributed by atoms with Gasteiger partial charge in [-0.25, -0.2) is 0 Å². The van der Waals surface area contributed by atoms with Gasteiger partial charge in [0.2, 0.25) is 5.13 Å². The third-order valence-electron chi connectivity index (χ3n) is 1.87. The van der Waals surface area contributed by atoms with Crippen molar-refractivity contribution in [3.05, 3.63) is 5.51 Å². The molecule has 1 rings (SSSR count). The predicted octanol–water partition coefficient (Wildman–Crippen LogP) is 0.776. The highest BCUT2D eigenvalue weighted by Gasteiger charge is 2.01. The van der Waals surface area contributed by atoms with Crippen molar-refractivity contribution in [1.82, 2.24) is 20.4 Å². The summed E-state index contributed by atoms with van der Waals surface area (Å²) in [5.74, 6) is 0. The standard InChI is InChI=1S/C8H15N5S2/c1-9-8(14)13(2)5-3-4-10-7-12-11-6-15-7/h6H,3-5H2,1-2H3,(H,9,14)(H,10,12). The molecule has 5 nitrogen and oxygen atoms in total. The molecule has 0 aliphatic rings. The Morgan fingerprint density at radius 2 is 2.47 bits per heavy atom. The van der Waals surface area contributed by atoms with Gasteiger partial charge in [-0.05, 0) is 18.6 Å². The highest BCUT2D eigenvalue weighted by molar-refractivity contribution is 7.80. The third-order valence-corrected chi connectivity index (χ3v) is 3.03.